The largest absolute Gasteiger partial charge is 0.480 e. The topological polar surface area (TPSA) is 86.7 Å². The molecule has 0 amide bonds. The van der Waals surface area contributed by atoms with Crippen molar-refractivity contribution in [3.63, 3.8) is 0 Å². The normalized spacial score (nSPS) is 26.6. The van der Waals surface area contributed by atoms with Gasteiger partial charge in [-0.2, -0.15) is 12.7 Å². The molecule has 2 unspecified atom stereocenters. The second kappa shape index (κ2) is 5.55. The highest BCUT2D eigenvalue weighted by molar-refractivity contribution is 8.01. The van der Waals surface area contributed by atoms with Crippen LogP contribution in [0.1, 0.15) is 20.8 Å². The lowest BCUT2D eigenvalue weighted by Crippen LogP contribution is -2.50. The number of carbonyl (C=O) groups is 1. The van der Waals surface area contributed by atoms with Crippen molar-refractivity contribution in [2.24, 2.45) is 5.92 Å². The molecule has 1 aliphatic rings. The van der Waals surface area contributed by atoms with E-state index in [1.807, 2.05) is 13.8 Å². The molecule has 0 aromatic carbocycles. The molecule has 17 heavy (non-hydrogen) atoms. The van der Waals surface area contributed by atoms with Crippen molar-refractivity contribution < 1.29 is 18.3 Å². The van der Waals surface area contributed by atoms with E-state index in [-0.39, 0.29) is 11.3 Å². The van der Waals surface area contributed by atoms with Gasteiger partial charge in [0.25, 0.3) is 10.2 Å². The summed E-state index contributed by atoms with van der Waals surface area (Å²) in [7, 11) is -3.72. The molecule has 100 valence electrons. The van der Waals surface area contributed by atoms with Crippen LogP contribution in [0.5, 0.6) is 0 Å². The minimum Gasteiger partial charge on any atom is -0.480 e. The van der Waals surface area contributed by atoms with Crippen molar-refractivity contribution in [3.8, 4) is 0 Å². The Labute approximate surface area is 106 Å². The van der Waals surface area contributed by atoms with Gasteiger partial charge in [0.05, 0.1) is 5.37 Å². The maximum absolute atomic E-state index is 12.0. The lowest BCUT2D eigenvalue weighted by Gasteiger charge is -2.24. The number of thioether (sulfide) groups is 1. The van der Waals surface area contributed by atoms with Gasteiger partial charge < -0.3 is 5.11 Å². The minimum absolute atomic E-state index is 0.179. The van der Waals surface area contributed by atoms with Crippen LogP contribution in [0.3, 0.4) is 0 Å². The molecule has 6 nitrogen and oxygen atoms in total. The Kier molecular flexibility index (Phi) is 4.82. The summed E-state index contributed by atoms with van der Waals surface area (Å²) in [6, 6.07) is -0.973. The van der Waals surface area contributed by atoms with E-state index in [0.29, 0.717) is 12.3 Å². The standard InChI is InChI=1S/C9H18N2O4S2/c1-6(2)4-10-17(14,15)11-7(3)16-5-8(11)9(12)13/h6-8,10H,4-5H2,1-3H3,(H,12,13). The molecule has 0 saturated carbocycles. The van der Waals surface area contributed by atoms with Crippen LogP contribution in [0.25, 0.3) is 0 Å². The lowest BCUT2D eigenvalue weighted by molar-refractivity contribution is -0.140. The van der Waals surface area contributed by atoms with Gasteiger partial charge in [-0.15, -0.1) is 11.8 Å². The molecule has 2 atom stereocenters. The van der Waals surface area contributed by atoms with Crippen LogP contribution in [-0.2, 0) is 15.0 Å². The predicted octanol–water partition coefficient (Wildman–Crippen LogP) is 0.325. The van der Waals surface area contributed by atoms with Crippen LogP contribution in [0.15, 0.2) is 0 Å². The number of hydrogen-bond donors (Lipinski definition) is 2. The zero-order valence-corrected chi connectivity index (χ0v) is 11.7. The summed E-state index contributed by atoms with van der Waals surface area (Å²) in [6.45, 7) is 5.78. The monoisotopic (exact) mass is 282 g/mol. The third-order valence-corrected chi connectivity index (χ3v) is 5.41. The molecule has 1 heterocycles. The Balaban J connectivity index is 2.84. The molecule has 0 bridgehead atoms. The highest BCUT2D eigenvalue weighted by Gasteiger charge is 2.43. The smallest absolute Gasteiger partial charge is 0.322 e. The minimum atomic E-state index is -3.72. The fourth-order valence-electron chi connectivity index (χ4n) is 1.52. The van der Waals surface area contributed by atoms with Gasteiger partial charge in [-0.3, -0.25) is 4.79 Å². The van der Waals surface area contributed by atoms with E-state index in [2.05, 4.69) is 4.72 Å². The number of carboxylic acid groups (broad SMARTS) is 1. The average molecular weight is 282 g/mol. The van der Waals surface area contributed by atoms with Crippen LogP contribution < -0.4 is 4.72 Å². The molecular weight excluding hydrogens is 264 g/mol. The van der Waals surface area contributed by atoms with Crippen molar-refractivity contribution in [1.82, 2.24) is 9.03 Å². The molecular formula is C9H18N2O4S2. The Bertz CT molecular complexity index is 382. The van der Waals surface area contributed by atoms with Gasteiger partial charge >= 0.3 is 5.97 Å². The molecule has 2 N–H and O–H groups in total. The van der Waals surface area contributed by atoms with Crippen LogP contribution in [0.2, 0.25) is 0 Å². The van der Waals surface area contributed by atoms with E-state index >= 15 is 0 Å². The number of aliphatic carboxylic acids is 1. The van der Waals surface area contributed by atoms with Crippen LogP contribution in [0.4, 0.5) is 0 Å². The Morgan fingerprint density at radius 2 is 2.18 bits per heavy atom. The van der Waals surface area contributed by atoms with Gasteiger partial charge in [0.1, 0.15) is 6.04 Å². The van der Waals surface area contributed by atoms with E-state index in [1.54, 1.807) is 6.92 Å². The molecule has 1 saturated heterocycles. The van der Waals surface area contributed by atoms with Crippen LogP contribution >= 0.6 is 11.8 Å². The molecule has 8 heteroatoms. The van der Waals surface area contributed by atoms with Crippen molar-refractivity contribution in [3.05, 3.63) is 0 Å². The summed E-state index contributed by atoms with van der Waals surface area (Å²) in [4.78, 5) is 11.0. The van der Waals surface area contributed by atoms with Crippen molar-refractivity contribution in [2.45, 2.75) is 32.2 Å². The molecule has 0 aromatic heterocycles. The Hall–Kier alpha value is -0.310. The van der Waals surface area contributed by atoms with Gasteiger partial charge in [0, 0.05) is 12.3 Å². The third kappa shape index (κ3) is 3.57. The average Bonchev–Trinajstić information content (AvgIpc) is 2.58. The SMILES string of the molecule is CC(C)CNS(=O)(=O)N1C(C)SCC1C(=O)O. The number of carboxylic acids is 1. The first-order valence-electron chi connectivity index (χ1n) is 5.38. The molecule has 0 aliphatic carbocycles. The highest BCUT2D eigenvalue weighted by Crippen LogP contribution is 2.30. The summed E-state index contributed by atoms with van der Waals surface area (Å²) in [6.07, 6.45) is 0. The van der Waals surface area contributed by atoms with E-state index in [4.69, 9.17) is 5.11 Å². The molecule has 0 radical (unpaired) electrons. The summed E-state index contributed by atoms with van der Waals surface area (Å²) in [5.74, 6) is -0.630. The van der Waals surface area contributed by atoms with Crippen molar-refractivity contribution in [2.75, 3.05) is 12.3 Å². The summed E-state index contributed by atoms with van der Waals surface area (Å²) < 4.78 is 27.5. The lowest BCUT2D eigenvalue weighted by atomic mass is 10.2. The molecule has 1 aliphatic heterocycles. The number of rotatable bonds is 5. The Morgan fingerprint density at radius 1 is 1.59 bits per heavy atom. The fourth-order valence-corrected chi connectivity index (χ4v) is 4.78. The van der Waals surface area contributed by atoms with Crippen molar-refractivity contribution >= 4 is 27.9 Å². The highest BCUT2D eigenvalue weighted by atomic mass is 32.2. The second-order valence-electron chi connectivity index (χ2n) is 4.36. The zero-order valence-electron chi connectivity index (χ0n) is 10.1. The van der Waals surface area contributed by atoms with Gasteiger partial charge in [-0.25, -0.2) is 4.72 Å². The molecule has 1 fully saturated rings. The summed E-state index contributed by atoms with van der Waals surface area (Å²) >= 11 is 1.33. The molecule has 0 aromatic rings. The van der Waals surface area contributed by atoms with E-state index < -0.39 is 22.2 Å². The van der Waals surface area contributed by atoms with Crippen molar-refractivity contribution in [1.29, 1.82) is 0 Å². The first-order valence-corrected chi connectivity index (χ1v) is 7.87. The number of nitrogens with zero attached hydrogens (tertiary/aromatic N) is 1. The first-order chi connectivity index (χ1) is 7.75. The third-order valence-electron chi connectivity index (χ3n) is 2.40. The Morgan fingerprint density at radius 3 is 2.65 bits per heavy atom. The molecule has 0 spiro atoms. The van der Waals surface area contributed by atoms with Gasteiger partial charge in [-0.05, 0) is 12.8 Å². The fraction of sp³-hybridized carbons (Fsp3) is 0.889. The zero-order chi connectivity index (χ0) is 13.2. The predicted molar refractivity (Wildman–Crippen MR) is 66.9 cm³/mol. The van der Waals surface area contributed by atoms with E-state index in [1.165, 1.54) is 11.8 Å². The maximum atomic E-state index is 12.0. The van der Waals surface area contributed by atoms with E-state index in [0.717, 1.165) is 4.31 Å². The van der Waals surface area contributed by atoms with Gasteiger partial charge in [0.2, 0.25) is 0 Å². The van der Waals surface area contributed by atoms with Crippen LogP contribution in [-0.4, -0.2) is 47.5 Å². The number of nitrogens with one attached hydrogen (secondary N) is 1. The summed E-state index contributed by atoms with van der Waals surface area (Å²) in [5.41, 5.74) is 0. The van der Waals surface area contributed by atoms with E-state index in [9.17, 15) is 13.2 Å². The molecule has 1 rings (SSSR count). The first kappa shape index (κ1) is 14.7. The maximum Gasteiger partial charge on any atom is 0.322 e. The summed E-state index contributed by atoms with van der Waals surface area (Å²) in [5, 5.41) is 8.65. The van der Waals surface area contributed by atoms with Gasteiger partial charge in [-0.1, -0.05) is 13.8 Å². The number of hydrogen-bond acceptors (Lipinski definition) is 4. The van der Waals surface area contributed by atoms with Gasteiger partial charge in [0.15, 0.2) is 0 Å². The van der Waals surface area contributed by atoms with Crippen LogP contribution in [0, 0.1) is 5.92 Å². The quantitative estimate of drug-likeness (QED) is 0.758. The second-order valence-corrected chi connectivity index (χ2v) is 7.37.